The summed E-state index contributed by atoms with van der Waals surface area (Å²) in [7, 11) is 0. The molecule has 3 aromatic rings. The predicted octanol–water partition coefficient (Wildman–Crippen LogP) is 4.94. The topological polar surface area (TPSA) is 137 Å². The highest BCUT2D eigenvalue weighted by Gasteiger charge is 2.51. The maximum atomic E-state index is 14.8. The van der Waals surface area contributed by atoms with Gasteiger partial charge in [-0.15, -0.1) is 0 Å². The molecule has 0 saturated heterocycles. The number of alkyl halides is 4. The van der Waals surface area contributed by atoms with Crippen LogP contribution in [-0.4, -0.2) is 48.2 Å². The van der Waals surface area contributed by atoms with Gasteiger partial charge in [0.1, 0.15) is 17.8 Å². The number of nitrogens with one attached hydrogen (secondary N) is 3. The molecule has 0 radical (unpaired) electrons. The number of nitrogens with two attached hydrogens (primary N) is 1. The summed E-state index contributed by atoms with van der Waals surface area (Å²) in [4.78, 5) is 36.9. The van der Waals surface area contributed by atoms with E-state index in [-0.39, 0.29) is 24.4 Å². The Bertz CT molecular complexity index is 1590. The average Bonchev–Trinajstić information content (AvgIpc) is 3.83. The molecule has 0 aromatic heterocycles. The number of carbonyl (C=O) groups excluding carboxylic acids is 3. The number of benzene rings is 3. The Morgan fingerprint density at radius 2 is 1.49 bits per heavy atom. The number of rotatable bonds is 14. The molecular weight excluding hydrogens is 614 g/mol. The van der Waals surface area contributed by atoms with E-state index in [1.165, 1.54) is 38.1 Å². The van der Waals surface area contributed by atoms with E-state index in [1.54, 1.807) is 54.6 Å². The summed E-state index contributed by atoms with van der Waals surface area (Å²) in [6.07, 6.45) is -4.06. The fourth-order valence-electron chi connectivity index (χ4n) is 5.50. The average molecular weight is 652 g/mol. The highest BCUT2D eigenvalue weighted by molar-refractivity contribution is 5.93. The Labute approximate surface area is 270 Å². The highest BCUT2D eigenvalue weighted by atomic mass is 19.4. The van der Waals surface area contributed by atoms with Gasteiger partial charge in [-0.25, -0.2) is 4.39 Å². The third-order valence-corrected chi connectivity index (χ3v) is 8.08. The van der Waals surface area contributed by atoms with Gasteiger partial charge in [0.05, 0.1) is 24.1 Å². The van der Waals surface area contributed by atoms with Crippen LogP contribution in [0.5, 0.6) is 0 Å². The molecular formula is C35H37F4N5O3. The number of nitriles is 1. The molecule has 1 aliphatic rings. The lowest BCUT2D eigenvalue weighted by atomic mass is 9.92. The standard InChI is InChI=1S/C35H37F4N5O3/c1-33(2,36)19-28(31(46)43-27(20-40)18-22-6-4-3-5-7-22)44-30(35(37,38)39)25-10-8-23(9-11-25)24-12-14-26(15-13-24)34(16-17-34)32(47)42-21-29(41)45/h3-15,27-28,30,44H,16-19,21H2,1-2H3,(H2,41,45)(H,42,47)(H,43,46)/t27-,28?,30-/m0/s1. The zero-order chi connectivity index (χ0) is 34.4. The Kier molecular flexibility index (Phi) is 10.7. The number of nitrogens with zero attached hydrogens (tertiary/aromatic N) is 1. The van der Waals surface area contributed by atoms with E-state index < -0.39 is 53.6 Å². The molecule has 1 saturated carbocycles. The van der Waals surface area contributed by atoms with Gasteiger partial charge in [0.15, 0.2) is 0 Å². The number of carbonyl (C=O) groups is 3. The van der Waals surface area contributed by atoms with Crippen LogP contribution in [0.15, 0.2) is 78.9 Å². The van der Waals surface area contributed by atoms with Crippen LogP contribution in [0, 0.1) is 11.3 Å². The van der Waals surface area contributed by atoms with Crippen molar-refractivity contribution in [2.24, 2.45) is 5.73 Å². The zero-order valence-corrected chi connectivity index (χ0v) is 26.0. The van der Waals surface area contributed by atoms with E-state index in [2.05, 4.69) is 16.0 Å². The SMILES string of the molecule is CC(C)(F)CC(N[C@@H](c1ccc(-c2ccc(C3(C(=O)NCC(N)=O)CC3)cc2)cc1)C(F)(F)F)C(=O)N[C@H](C#N)Cc1ccccc1. The van der Waals surface area contributed by atoms with Crippen molar-refractivity contribution in [3.63, 3.8) is 0 Å². The first kappa shape index (κ1) is 35.1. The van der Waals surface area contributed by atoms with Gasteiger partial charge in [0.2, 0.25) is 17.7 Å². The Morgan fingerprint density at radius 1 is 0.915 bits per heavy atom. The first-order chi connectivity index (χ1) is 22.1. The normalized spacial score (nSPS) is 15.9. The van der Waals surface area contributed by atoms with Crippen molar-refractivity contribution in [1.29, 1.82) is 5.26 Å². The third-order valence-electron chi connectivity index (χ3n) is 8.08. The van der Waals surface area contributed by atoms with Crippen molar-refractivity contribution in [2.45, 2.75) is 74.9 Å². The number of hydrogen-bond donors (Lipinski definition) is 4. The molecule has 248 valence electrons. The van der Waals surface area contributed by atoms with Crippen molar-refractivity contribution in [3.05, 3.63) is 95.6 Å². The van der Waals surface area contributed by atoms with Crippen molar-refractivity contribution in [1.82, 2.24) is 16.0 Å². The van der Waals surface area contributed by atoms with Crippen LogP contribution in [-0.2, 0) is 26.2 Å². The molecule has 0 bridgehead atoms. The van der Waals surface area contributed by atoms with Crippen LogP contribution < -0.4 is 21.7 Å². The summed E-state index contributed by atoms with van der Waals surface area (Å²) in [5, 5.41) is 16.9. The molecule has 0 spiro atoms. The Morgan fingerprint density at radius 3 is 1.98 bits per heavy atom. The second-order valence-electron chi connectivity index (χ2n) is 12.4. The maximum Gasteiger partial charge on any atom is 0.407 e. The largest absolute Gasteiger partial charge is 0.407 e. The minimum absolute atomic E-state index is 0.128. The summed E-state index contributed by atoms with van der Waals surface area (Å²) in [6.45, 7) is 2.08. The lowest BCUT2D eigenvalue weighted by Crippen LogP contribution is -2.53. The van der Waals surface area contributed by atoms with Crippen molar-refractivity contribution in [2.75, 3.05) is 6.54 Å². The molecule has 3 aromatic carbocycles. The molecule has 3 atom stereocenters. The summed E-state index contributed by atoms with van der Waals surface area (Å²) < 4.78 is 58.1. The zero-order valence-electron chi connectivity index (χ0n) is 26.0. The fraction of sp³-hybridized carbons (Fsp3) is 0.371. The van der Waals surface area contributed by atoms with E-state index in [0.29, 0.717) is 24.0 Å². The summed E-state index contributed by atoms with van der Waals surface area (Å²) in [6, 6.07) is 18.5. The number of halogens is 4. The minimum Gasteiger partial charge on any atom is -0.368 e. The van der Waals surface area contributed by atoms with Gasteiger partial charge in [-0.2, -0.15) is 18.4 Å². The molecule has 1 aliphatic carbocycles. The Balaban J connectivity index is 1.51. The Hall–Kier alpha value is -4.76. The first-order valence-electron chi connectivity index (χ1n) is 15.1. The molecule has 1 unspecified atom stereocenters. The van der Waals surface area contributed by atoms with Crippen LogP contribution in [0.2, 0.25) is 0 Å². The van der Waals surface area contributed by atoms with E-state index in [4.69, 9.17) is 5.73 Å². The van der Waals surface area contributed by atoms with E-state index in [1.807, 2.05) is 6.07 Å². The highest BCUT2D eigenvalue weighted by Crippen LogP contribution is 2.48. The van der Waals surface area contributed by atoms with Crippen LogP contribution in [0.25, 0.3) is 11.1 Å². The van der Waals surface area contributed by atoms with Gasteiger partial charge >= 0.3 is 6.18 Å². The fourth-order valence-corrected chi connectivity index (χ4v) is 5.50. The molecule has 5 N–H and O–H groups in total. The number of hydrogen-bond acceptors (Lipinski definition) is 5. The van der Waals surface area contributed by atoms with E-state index in [0.717, 1.165) is 11.1 Å². The molecule has 12 heteroatoms. The molecule has 47 heavy (non-hydrogen) atoms. The van der Waals surface area contributed by atoms with E-state index in [9.17, 15) is 37.2 Å². The number of amides is 3. The second-order valence-corrected chi connectivity index (χ2v) is 12.4. The van der Waals surface area contributed by atoms with Crippen molar-refractivity contribution in [3.8, 4) is 17.2 Å². The monoisotopic (exact) mass is 651 g/mol. The smallest absolute Gasteiger partial charge is 0.368 e. The van der Waals surface area contributed by atoms with Crippen molar-refractivity contribution < 1.29 is 31.9 Å². The third kappa shape index (κ3) is 9.39. The van der Waals surface area contributed by atoms with Gasteiger partial charge in [0, 0.05) is 12.8 Å². The van der Waals surface area contributed by atoms with Gasteiger partial charge in [-0.1, -0.05) is 78.9 Å². The summed E-state index contributed by atoms with van der Waals surface area (Å²) in [5.74, 6) is -1.85. The van der Waals surface area contributed by atoms with Gasteiger partial charge in [-0.05, 0) is 54.5 Å². The lowest BCUT2D eigenvalue weighted by Gasteiger charge is -2.30. The molecule has 1 fully saturated rings. The summed E-state index contributed by atoms with van der Waals surface area (Å²) >= 11 is 0. The second kappa shape index (κ2) is 14.3. The minimum atomic E-state index is -4.84. The quantitative estimate of drug-likeness (QED) is 0.183. The first-order valence-corrected chi connectivity index (χ1v) is 15.1. The molecule has 4 rings (SSSR count). The van der Waals surface area contributed by atoms with Gasteiger partial charge < -0.3 is 16.4 Å². The van der Waals surface area contributed by atoms with E-state index >= 15 is 0 Å². The van der Waals surface area contributed by atoms with Gasteiger partial charge in [0.25, 0.3) is 0 Å². The van der Waals surface area contributed by atoms with Crippen LogP contribution in [0.4, 0.5) is 17.6 Å². The van der Waals surface area contributed by atoms with Gasteiger partial charge in [-0.3, -0.25) is 19.7 Å². The lowest BCUT2D eigenvalue weighted by molar-refractivity contribution is -0.161. The number of primary amides is 1. The molecule has 3 amide bonds. The maximum absolute atomic E-state index is 14.8. The van der Waals surface area contributed by atoms with Crippen molar-refractivity contribution >= 4 is 17.7 Å². The molecule has 0 heterocycles. The molecule has 0 aliphatic heterocycles. The predicted molar refractivity (Wildman–Crippen MR) is 168 cm³/mol. The summed E-state index contributed by atoms with van der Waals surface area (Å²) in [5.41, 5.74) is 5.01. The van der Waals surface area contributed by atoms with Crippen LogP contribution in [0.1, 0.15) is 55.8 Å². The molecule has 8 nitrogen and oxygen atoms in total. The van der Waals surface area contributed by atoms with Crippen LogP contribution in [0.3, 0.4) is 0 Å². The van der Waals surface area contributed by atoms with Crippen LogP contribution >= 0.6 is 0 Å².